The first-order valence-electron chi connectivity index (χ1n) is 5.99. The van der Waals surface area contributed by atoms with Crippen LogP contribution in [0.4, 0.5) is 0 Å². The zero-order valence-corrected chi connectivity index (χ0v) is 12.4. The van der Waals surface area contributed by atoms with Crippen LogP contribution in [0, 0.1) is 3.57 Å². The van der Waals surface area contributed by atoms with Crippen LogP contribution in [0.25, 0.3) is 0 Å². The van der Waals surface area contributed by atoms with E-state index in [4.69, 9.17) is 10.5 Å². The molecule has 18 heavy (non-hydrogen) atoms. The van der Waals surface area contributed by atoms with Crippen molar-refractivity contribution in [3.05, 3.63) is 57.7 Å². The Labute approximate surface area is 121 Å². The quantitative estimate of drug-likeness (QED) is 0.822. The molecule has 0 aliphatic rings. The molecule has 0 saturated heterocycles. The van der Waals surface area contributed by atoms with Gasteiger partial charge in [0, 0.05) is 11.6 Å². The Morgan fingerprint density at radius 3 is 2.33 bits per heavy atom. The lowest BCUT2D eigenvalue weighted by atomic mass is 10.0. The molecular weight excluding hydrogens is 337 g/mol. The van der Waals surface area contributed by atoms with E-state index in [1.165, 1.54) is 0 Å². The van der Waals surface area contributed by atoms with Crippen molar-refractivity contribution in [2.24, 2.45) is 5.73 Å². The van der Waals surface area contributed by atoms with Crippen LogP contribution in [0.2, 0.25) is 0 Å². The molecule has 2 aromatic rings. The van der Waals surface area contributed by atoms with Crippen LogP contribution in [0.3, 0.4) is 0 Å². The lowest BCUT2D eigenvalue weighted by Crippen LogP contribution is -2.09. The van der Waals surface area contributed by atoms with E-state index in [2.05, 4.69) is 29.5 Å². The molecule has 3 heteroatoms. The predicted molar refractivity (Wildman–Crippen MR) is 82.9 cm³/mol. The molecule has 1 unspecified atom stereocenters. The van der Waals surface area contributed by atoms with Crippen LogP contribution in [0.1, 0.15) is 24.9 Å². The second-order valence-electron chi connectivity index (χ2n) is 4.09. The first-order chi connectivity index (χ1) is 8.72. The van der Waals surface area contributed by atoms with Gasteiger partial charge in [-0.3, -0.25) is 0 Å². The minimum atomic E-state index is 0.0163. The van der Waals surface area contributed by atoms with Gasteiger partial charge in [0.25, 0.3) is 0 Å². The molecule has 0 spiro atoms. The summed E-state index contributed by atoms with van der Waals surface area (Å²) in [6.45, 7) is 2.08. The largest absolute Gasteiger partial charge is 0.456 e. The molecule has 0 fully saturated rings. The maximum Gasteiger partial charge on any atom is 0.140 e. The SMILES string of the molecule is CCC(N)c1ccccc1Oc1ccccc1I. The fraction of sp³-hybridized carbons (Fsp3) is 0.200. The minimum absolute atomic E-state index is 0.0163. The Bertz CT molecular complexity index is 527. The third kappa shape index (κ3) is 3.03. The molecule has 0 aromatic heterocycles. The number of nitrogens with two attached hydrogens (primary N) is 1. The number of rotatable bonds is 4. The van der Waals surface area contributed by atoms with E-state index in [9.17, 15) is 0 Å². The molecule has 2 rings (SSSR count). The molecule has 94 valence electrons. The summed E-state index contributed by atoms with van der Waals surface area (Å²) < 4.78 is 7.07. The van der Waals surface area contributed by atoms with Gasteiger partial charge in [-0.05, 0) is 47.2 Å². The minimum Gasteiger partial charge on any atom is -0.456 e. The zero-order valence-electron chi connectivity index (χ0n) is 10.3. The topological polar surface area (TPSA) is 35.2 Å². The van der Waals surface area contributed by atoms with Crippen LogP contribution in [0.15, 0.2) is 48.5 Å². The number of hydrogen-bond donors (Lipinski definition) is 1. The summed E-state index contributed by atoms with van der Waals surface area (Å²) in [7, 11) is 0. The van der Waals surface area contributed by atoms with Gasteiger partial charge in [-0.2, -0.15) is 0 Å². The maximum atomic E-state index is 6.10. The third-order valence-electron chi connectivity index (χ3n) is 2.81. The predicted octanol–water partition coefficient (Wildman–Crippen LogP) is 4.49. The smallest absolute Gasteiger partial charge is 0.140 e. The summed E-state index contributed by atoms with van der Waals surface area (Å²) >= 11 is 2.27. The van der Waals surface area contributed by atoms with Crippen LogP contribution < -0.4 is 10.5 Å². The molecule has 0 bridgehead atoms. The number of benzene rings is 2. The van der Waals surface area contributed by atoms with Gasteiger partial charge in [0.05, 0.1) is 3.57 Å². The number of para-hydroxylation sites is 2. The van der Waals surface area contributed by atoms with E-state index in [0.29, 0.717) is 0 Å². The van der Waals surface area contributed by atoms with Crippen molar-refractivity contribution in [1.29, 1.82) is 0 Å². The highest BCUT2D eigenvalue weighted by molar-refractivity contribution is 14.1. The Morgan fingerprint density at radius 2 is 1.67 bits per heavy atom. The first kappa shape index (κ1) is 13.4. The monoisotopic (exact) mass is 353 g/mol. The fourth-order valence-electron chi connectivity index (χ4n) is 1.75. The Balaban J connectivity index is 2.32. The molecule has 2 aromatic carbocycles. The highest BCUT2D eigenvalue weighted by Crippen LogP contribution is 2.31. The van der Waals surface area contributed by atoms with Crippen molar-refractivity contribution < 1.29 is 4.74 Å². The fourth-order valence-corrected chi connectivity index (χ4v) is 2.24. The van der Waals surface area contributed by atoms with Gasteiger partial charge < -0.3 is 10.5 Å². The van der Waals surface area contributed by atoms with Gasteiger partial charge in [-0.15, -0.1) is 0 Å². The number of halogens is 1. The van der Waals surface area contributed by atoms with Crippen molar-refractivity contribution in [3.63, 3.8) is 0 Å². The molecule has 2 nitrogen and oxygen atoms in total. The highest BCUT2D eigenvalue weighted by atomic mass is 127. The zero-order chi connectivity index (χ0) is 13.0. The van der Waals surface area contributed by atoms with Crippen LogP contribution in [-0.2, 0) is 0 Å². The van der Waals surface area contributed by atoms with E-state index < -0.39 is 0 Å². The Kier molecular flexibility index (Phi) is 4.60. The van der Waals surface area contributed by atoms with Gasteiger partial charge in [0.2, 0.25) is 0 Å². The molecule has 0 radical (unpaired) electrons. The molecule has 2 N–H and O–H groups in total. The molecule has 0 saturated carbocycles. The third-order valence-corrected chi connectivity index (χ3v) is 3.71. The maximum absolute atomic E-state index is 6.10. The average Bonchev–Trinajstić information content (AvgIpc) is 2.41. The second-order valence-corrected chi connectivity index (χ2v) is 5.25. The normalized spacial score (nSPS) is 12.2. The van der Waals surface area contributed by atoms with Crippen LogP contribution >= 0.6 is 22.6 Å². The van der Waals surface area contributed by atoms with Crippen molar-refractivity contribution >= 4 is 22.6 Å². The van der Waals surface area contributed by atoms with E-state index in [0.717, 1.165) is 27.1 Å². The molecule has 0 heterocycles. The molecule has 0 amide bonds. The van der Waals surface area contributed by atoms with Crippen molar-refractivity contribution in [2.75, 3.05) is 0 Å². The lowest BCUT2D eigenvalue weighted by Gasteiger charge is -2.16. The van der Waals surface area contributed by atoms with Crippen LogP contribution in [0.5, 0.6) is 11.5 Å². The number of ether oxygens (including phenoxy) is 1. The number of hydrogen-bond acceptors (Lipinski definition) is 2. The molecular formula is C15H16INO. The van der Waals surface area contributed by atoms with Gasteiger partial charge in [-0.25, -0.2) is 0 Å². The standard InChI is InChI=1S/C15H16INO/c1-2-13(17)11-7-3-5-9-14(11)18-15-10-6-4-8-12(15)16/h3-10,13H,2,17H2,1H3. The van der Waals surface area contributed by atoms with E-state index in [1.54, 1.807) is 0 Å². The molecule has 0 aliphatic carbocycles. The average molecular weight is 353 g/mol. The van der Waals surface area contributed by atoms with Gasteiger partial charge in [0.1, 0.15) is 11.5 Å². The van der Waals surface area contributed by atoms with Crippen molar-refractivity contribution in [2.45, 2.75) is 19.4 Å². The van der Waals surface area contributed by atoms with E-state index in [-0.39, 0.29) is 6.04 Å². The van der Waals surface area contributed by atoms with Crippen molar-refractivity contribution in [1.82, 2.24) is 0 Å². The molecule has 0 aliphatic heterocycles. The highest BCUT2D eigenvalue weighted by Gasteiger charge is 2.11. The van der Waals surface area contributed by atoms with Gasteiger partial charge in [0.15, 0.2) is 0 Å². The van der Waals surface area contributed by atoms with Crippen molar-refractivity contribution in [3.8, 4) is 11.5 Å². The lowest BCUT2D eigenvalue weighted by molar-refractivity contribution is 0.465. The Morgan fingerprint density at radius 1 is 1.06 bits per heavy atom. The molecule has 1 atom stereocenters. The second kappa shape index (κ2) is 6.20. The summed E-state index contributed by atoms with van der Waals surface area (Å²) in [5.41, 5.74) is 7.16. The summed E-state index contributed by atoms with van der Waals surface area (Å²) in [5, 5.41) is 0. The van der Waals surface area contributed by atoms with E-state index >= 15 is 0 Å². The summed E-state index contributed by atoms with van der Waals surface area (Å²) in [6.07, 6.45) is 0.895. The van der Waals surface area contributed by atoms with Crippen LogP contribution in [-0.4, -0.2) is 0 Å². The summed E-state index contributed by atoms with van der Waals surface area (Å²) in [4.78, 5) is 0. The van der Waals surface area contributed by atoms with Gasteiger partial charge >= 0.3 is 0 Å². The summed E-state index contributed by atoms with van der Waals surface area (Å²) in [5.74, 6) is 1.71. The Hall–Kier alpha value is -1.07. The van der Waals surface area contributed by atoms with E-state index in [1.807, 2.05) is 48.5 Å². The summed E-state index contributed by atoms with van der Waals surface area (Å²) in [6, 6.07) is 15.9. The first-order valence-corrected chi connectivity index (χ1v) is 7.07. The van der Waals surface area contributed by atoms with Gasteiger partial charge in [-0.1, -0.05) is 37.3 Å².